The molecular formula is C29H35ClO8. The first-order chi connectivity index (χ1) is 18.3. The summed E-state index contributed by atoms with van der Waals surface area (Å²) in [6, 6.07) is 9.34. The van der Waals surface area contributed by atoms with E-state index in [1.165, 1.54) is 12.1 Å². The van der Waals surface area contributed by atoms with Crippen LogP contribution in [0.5, 0.6) is 17.2 Å². The van der Waals surface area contributed by atoms with Gasteiger partial charge in [-0.05, 0) is 49.1 Å². The maximum atomic E-state index is 13.0. The molecule has 0 bridgehead atoms. The summed E-state index contributed by atoms with van der Waals surface area (Å²) >= 11 is 6.00. The topological polar surface area (TPSA) is 105 Å². The van der Waals surface area contributed by atoms with Gasteiger partial charge in [-0.3, -0.25) is 14.4 Å². The lowest BCUT2D eigenvalue weighted by molar-refractivity contribution is -0.138. The molecule has 2 aromatic carbocycles. The molecule has 0 amide bonds. The van der Waals surface area contributed by atoms with Gasteiger partial charge < -0.3 is 18.9 Å². The summed E-state index contributed by atoms with van der Waals surface area (Å²) in [6.45, 7) is 5.72. The first kappa shape index (κ1) is 30.8. The minimum absolute atomic E-state index is 0.0445. The van der Waals surface area contributed by atoms with Crippen molar-refractivity contribution in [1.29, 1.82) is 0 Å². The SMILES string of the molecule is CCCCC(=O)Oc1cc(C(=O)OCc2cccc(Cl)c2)cc(OC(=O)CCCC)c1OC(=O)CCCC. The number of benzene rings is 2. The summed E-state index contributed by atoms with van der Waals surface area (Å²) in [7, 11) is 0. The average Bonchev–Trinajstić information content (AvgIpc) is 2.89. The van der Waals surface area contributed by atoms with Crippen molar-refractivity contribution in [3.8, 4) is 17.2 Å². The molecule has 0 aromatic heterocycles. The van der Waals surface area contributed by atoms with Gasteiger partial charge in [0.25, 0.3) is 0 Å². The van der Waals surface area contributed by atoms with Gasteiger partial charge in [-0.2, -0.15) is 0 Å². The Morgan fingerprint density at radius 1 is 0.711 bits per heavy atom. The predicted octanol–water partition coefficient (Wildman–Crippen LogP) is 6.98. The molecule has 0 aliphatic carbocycles. The summed E-state index contributed by atoms with van der Waals surface area (Å²) in [6.07, 6.45) is 4.42. The molecule has 0 spiro atoms. The molecule has 0 heterocycles. The molecule has 8 nitrogen and oxygen atoms in total. The second kappa shape index (κ2) is 16.5. The van der Waals surface area contributed by atoms with Crippen LogP contribution in [0.3, 0.4) is 0 Å². The third-order valence-electron chi connectivity index (χ3n) is 5.38. The van der Waals surface area contributed by atoms with Gasteiger partial charge in [-0.15, -0.1) is 0 Å². The quantitative estimate of drug-likeness (QED) is 0.174. The zero-order valence-electron chi connectivity index (χ0n) is 22.2. The van der Waals surface area contributed by atoms with E-state index in [1.54, 1.807) is 24.3 Å². The summed E-state index contributed by atoms with van der Waals surface area (Å²) in [5, 5.41) is 0.496. The summed E-state index contributed by atoms with van der Waals surface area (Å²) < 4.78 is 21.9. The molecule has 0 aliphatic heterocycles. The van der Waals surface area contributed by atoms with Crippen molar-refractivity contribution < 1.29 is 38.1 Å². The van der Waals surface area contributed by atoms with E-state index in [-0.39, 0.29) is 48.7 Å². The van der Waals surface area contributed by atoms with Gasteiger partial charge in [0.05, 0.1) is 5.56 Å². The van der Waals surface area contributed by atoms with E-state index in [0.29, 0.717) is 29.8 Å². The molecule has 0 N–H and O–H groups in total. The molecule has 2 rings (SSSR count). The Labute approximate surface area is 228 Å². The highest BCUT2D eigenvalue weighted by Gasteiger charge is 2.25. The fourth-order valence-corrected chi connectivity index (χ4v) is 3.49. The van der Waals surface area contributed by atoms with Gasteiger partial charge in [0.2, 0.25) is 5.75 Å². The lowest BCUT2D eigenvalue weighted by atomic mass is 10.1. The van der Waals surface area contributed by atoms with Gasteiger partial charge in [-0.1, -0.05) is 63.8 Å². The van der Waals surface area contributed by atoms with Crippen molar-refractivity contribution in [2.45, 2.75) is 85.2 Å². The van der Waals surface area contributed by atoms with Crippen LogP contribution < -0.4 is 14.2 Å². The van der Waals surface area contributed by atoms with Crippen molar-refractivity contribution in [3.05, 3.63) is 52.5 Å². The Bertz CT molecular complexity index is 1070. The van der Waals surface area contributed by atoms with Gasteiger partial charge >= 0.3 is 23.9 Å². The third kappa shape index (κ3) is 10.5. The normalized spacial score (nSPS) is 10.5. The number of rotatable bonds is 15. The van der Waals surface area contributed by atoms with E-state index >= 15 is 0 Å². The molecule has 206 valence electrons. The van der Waals surface area contributed by atoms with Crippen LogP contribution in [0, 0.1) is 0 Å². The lowest BCUT2D eigenvalue weighted by Crippen LogP contribution is -2.16. The lowest BCUT2D eigenvalue weighted by Gasteiger charge is -2.16. The summed E-state index contributed by atoms with van der Waals surface area (Å²) in [5.74, 6) is -3.13. The van der Waals surface area contributed by atoms with E-state index in [4.69, 9.17) is 30.5 Å². The number of halogens is 1. The van der Waals surface area contributed by atoms with Gasteiger partial charge in [0.15, 0.2) is 11.5 Å². The van der Waals surface area contributed by atoms with Crippen molar-refractivity contribution in [2.75, 3.05) is 0 Å². The number of hydrogen-bond donors (Lipinski definition) is 0. The average molecular weight is 547 g/mol. The molecule has 0 fully saturated rings. The maximum absolute atomic E-state index is 13.0. The van der Waals surface area contributed by atoms with Crippen LogP contribution in [0.15, 0.2) is 36.4 Å². The fourth-order valence-electron chi connectivity index (χ4n) is 3.28. The largest absolute Gasteiger partial charge is 0.457 e. The van der Waals surface area contributed by atoms with E-state index in [9.17, 15) is 19.2 Å². The number of carbonyl (C=O) groups excluding carboxylic acids is 4. The van der Waals surface area contributed by atoms with Crippen molar-refractivity contribution in [3.63, 3.8) is 0 Å². The number of ether oxygens (including phenoxy) is 4. The van der Waals surface area contributed by atoms with Crippen LogP contribution >= 0.6 is 11.6 Å². The number of hydrogen-bond acceptors (Lipinski definition) is 8. The minimum Gasteiger partial charge on any atom is -0.457 e. The Hall–Kier alpha value is -3.39. The summed E-state index contributed by atoms with van der Waals surface area (Å²) in [4.78, 5) is 50.4. The Balaban J connectivity index is 2.44. The molecule has 38 heavy (non-hydrogen) atoms. The highest BCUT2D eigenvalue weighted by molar-refractivity contribution is 6.30. The van der Waals surface area contributed by atoms with Crippen LogP contribution in [0.25, 0.3) is 0 Å². The van der Waals surface area contributed by atoms with Crippen LogP contribution in [0.2, 0.25) is 5.02 Å². The monoisotopic (exact) mass is 546 g/mol. The summed E-state index contributed by atoms with van der Waals surface area (Å²) in [5.41, 5.74) is 0.627. The van der Waals surface area contributed by atoms with Crippen LogP contribution in [0.1, 0.15) is 94.5 Å². The number of carbonyl (C=O) groups is 4. The molecule has 0 aliphatic rings. The van der Waals surface area contributed by atoms with E-state index < -0.39 is 23.9 Å². The van der Waals surface area contributed by atoms with Crippen molar-refractivity contribution >= 4 is 35.5 Å². The number of unbranched alkanes of at least 4 members (excludes halogenated alkanes) is 3. The van der Waals surface area contributed by atoms with Crippen LogP contribution in [0.4, 0.5) is 0 Å². The highest BCUT2D eigenvalue weighted by atomic mass is 35.5. The van der Waals surface area contributed by atoms with Gasteiger partial charge in [0.1, 0.15) is 6.61 Å². The minimum atomic E-state index is -0.759. The second-order valence-electron chi connectivity index (χ2n) is 8.74. The van der Waals surface area contributed by atoms with Crippen molar-refractivity contribution in [2.24, 2.45) is 0 Å². The first-order valence-corrected chi connectivity index (χ1v) is 13.4. The van der Waals surface area contributed by atoms with Crippen LogP contribution in [-0.2, 0) is 25.7 Å². The Kier molecular flexibility index (Phi) is 13.3. The standard InChI is InChI=1S/C29H35ClO8/c1-4-7-13-25(31)36-23-17-21(29(34)35-19-20-11-10-12-22(30)16-20)18-24(37-26(32)14-8-5-2)28(23)38-27(33)15-9-6-3/h10-12,16-18H,4-9,13-15,19H2,1-3H3. The predicted molar refractivity (Wildman–Crippen MR) is 142 cm³/mol. The van der Waals surface area contributed by atoms with E-state index in [2.05, 4.69) is 0 Å². The molecule has 0 radical (unpaired) electrons. The molecule has 9 heteroatoms. The second-order valence-corrected chi connectivity index (χ2v) is 9.18. The Morgan fingerprint density at radius 3 is 1.68 bits per heavy atom. The van der Waals surface area contributed by atoms with Crippen LogP contribution in [-0.4, -0.2) is 23.9 Å². The number of esters is 4. The highest BCUT2D eigenvalue weighted by Crippen LogP contribution is 2.40. The third-order valence-corrected chi connectivity index (χ3v) is 5.62. The van der Waals surface area contributed by atoms with E-state index in [1.807, 2.05) is 20.8 Å². The maximum Gasteiger partial charge on any atom is 0.338 e. The molecule has 0 saturated carbocycles. The molecule has 0 atom stereocenters. The Morgan fingerprint density at radius 2 is 1.21 bits per heavy atom. The first-order valence-electron chi connectivity index (χ1n) is 13.0. The molecule has 2 aromatic rings. The van der Waals surface area contributed by atoms with Gasteiger partial charge in [0, 0.05) is 24.3 Å². The zero-order valence-corrected chi connectivity index (χ0v) is 22.9. The molecular weight excluding hydrogens is 512 g/mol. The molecule has 0 unspecified atom stereocenters. The van der Waals surface area contributed by atoms with E-state index in [0.717, 1.165) is 19.3 Å². The zero-order chi connectivity index (χ0) is 27.9. The smallest absolute Gasteiger partial charge is 0.338 e. The fraction of sp³-hybridized carbons (Fsp3) is 0.448. The van der Waals surface area contributed by atoms with Gasteiger partial charge in [-0.25, -0.2) is 4.79 Å². The van der Waals surface area contributed by atoms with Crippen molar-refractivity contribution in [1.82, 2.24) is 0 Å². The molecule has 0 saturated heterocycles.